The van der Waals surface area contributed by atoms with Gasteiger partial charge in [0.25, 0.3) is 0 Å². The topological polar surface area (TPSA) is 102 Å². The summed E-state index contributed by atoms with van der Waals surface area (Å²) in [6, 6.07) is 8.02. The Balaban J connectivity index is 0.000000425. The highest BCUT2D eigenvalue weighted by Crippen LogP contribution is 2.31. The molecule has 0 aromatic heterocycles. The van der Waals surface area contributed by atoms with Crippen LogP contribution >= 0.6 is 0 Å². The molecule has 8 heteroatoms. The van der Waals surface area contributed by atoms with Crippen LogP contribution in [0.3, 0.4) is 0 Å². The van der Waals surface area contributed by atoms with Crippen molar-refractivity contribution in [2.24, 2.45) is 5.92 Å². The minimum absolute atomic E-state index is 0.0162. The molecule has 0 radical (unpaired) electrons. The van der Waals surface area contributed by atoms with Gasteiger partial charge in [-0.05, 0) is 70.6 Å². The number of rotatable bonds is 5. The standard InChI is InChI=1S/C22H31NO4.C6H9NO2/c1-6-19(14-16(2)24)26-20-9-7-8-18(15-20)17-10-12-23(13-11-17)21(25)27-22(3,4)5;1-4-2-3-5(8)7-6(4)9/h7-9,14-15,17H,6,10-13H2,1-5H3;4H,2-3H2,1H3,(H,7,8,9)/b19-14+;. The van der Waals surface area contributed by atoms with Crippen molar-refractivity contribution in [3.05, 3.63) is 41.7 Å². The number of amides is 3. The van der Waals surface area contributed by atoms with Crippen LogP contribution in [-0.4, -0.2) is 47.3 Å². The van der Waals surface area contributed by atoms with Crippen molar-refractivity contribution in [2.75, 3.05) is 13.1 Å². The number of ketones is 1. The smallest absolute Gasteiger partial charge is 0.410 e. The second-order valence-electron chi connectivity index (χ2n) is 10.3. The lowest BCUT2D eigenvalue weighted by atomic mass is 9.89. The maximum atomic E-state index is 12.2. The average molecular weight is 501 g/mol. The molecule has 8 nitrogen and oxygen atoms in total. The fourth-order valence-corrected chi connectivity index (χ4v) is 3.94. The summed E-state index contributed by atoms with van der Waals surface area (Å²) in [6.07, 6.45) is 4.95. The summed E-state index contributed by atoms with van der Waals surface area (Å²) in [4.78, 5) is 46.4. The highest BCUT2D eigenvalue weighted by atomic mass is 16.6. The molecule has 0 spiro atoms. The fourth-order valence-electron chi connectivity index (χ4n) is 3.94. The van der Waals surface area contributed by atoms with Gasteiger partial charge in [0.1, 0.15) is 17.1 Å². The summed E-state index contributed by atoms with van der Waals surface area (Å²) >= 11 is 0. The molecule has 0 saturated carbocycles. The van der Waals surface area contributed by atoms with E-state index in [-0.39, 0.29) is 29.6 Å². The van der Waals surface area contributed by atoms with Gasteiger partial charge < -0.3 is 14.4 Å². The molecule has 3 amide bonds. The van der Waals surface area contributed by atoms with Crippen molar-refractivity contribution in [3.8, 4) is 5.75 Å². The van der Waals surface area contributed by atoms with E-state index in [0.717, 1.165) is 18.6 Å². The van der Waals surface area contributed by atoms with E-state index in [2.05, 4.69) is 11.4 Å². The van der Waals surface area contributed by atoms with E-state index in [4.69, 9.17) is 9.47 Å². The molecular weight excluding hydrogens is 460 g/mol. The molecule has 2 aliphatic heterocycles. The highest BCUT2D eigenvalue weighted by molar-refractivity contribution is 5.98. The van der Waals surface area contributed by atoms with E-state index in [9.17, 15) is 19.2 Å². The summed E-state index contributed by atoms with van der Waals surface area (Å²) in [5.74, 6) is 1.52. The molecule has 3 rings (SSSR count). The lowest BCUT2D eigenvalue weighted by Crippen LogP contribution is -2.41. The van der Waals surface area contributed by atoms with Gasteiger partial charge in [0.05, 0.1) is 0 Å². The number of nitrogens with one attached hydrogen (secondary N) is 1. The Kier molecular flexibility index (Phi) is 10.7. The largest absolute Gasteiger partial charge is 0.462 e. The molecule has 0 aliphatic carbocycles. The lowest BCUT2D eigenvalue weighted by Gasteiger charge is -2.33. The number of piperidine rings is 2. The molecule has 0 bridgehead atoms. The Hall–Kier alpha value is -3.16. The molecule has 198 valence electrons. The number of allylic oxidation sites excluding steroid dienone is 2. The Morgan fingerprint density at radius 3 is 2.33 bits per heavy atom. The second kappa shape index (κ2) is 13.2. The molecule has 36 heavy (non-hydrogen) atoms. The van der Waals surface area contributed by atoms with Gasteiger partial charge in [0.15, 0.2) is 5.78 Å². The third-order valence-electron chi connectivity index (χ3n) is 5.95. The first-order valence-corrected chi connectivity index (χ1v) is 12.7. The number of benzene rings is 1. The minimum atomic E-state index is -0.468. The maximum Gasteiger partial charge on any atom is 0.410 e. The van der Waals surface area contributed by atoms with Gasteiger partial charge in [-0.1, -0.05) is 26.0 Å². The van der Waals surface area contributed by atoms with Gasteiger partial charge >= 0.3 is 6.09 Å². The van der Waals surface area contributed by atoms with Crippen molar-refractivity contribution < 1.29 is 28.7 Å². The quantitative estimate of drug-likeness (QED) is 0.342. The van der Waals surface area contributed by atoms with Crippen LogP contribution in [-0.2, 0) is 19.1 Å². The molecule has 1 N–H and O–H groups in total. The summed E-state index contributed by atoms with van der Waals surface area (Å²) in [5.41, 5.74) is 0.735. The average Bonchev–Trinajstić information content (AvgIpc) is 2.80. The van der Waals surface area contributed by atoms with E-state index in [0.29, 0.717) is 44.0 Å². The van der Waals surface area contributed by atoms with Gasteiger partial charge in [-0.15, -0.1) is 0 Å². The van der Waals surface area contributed by atoms with Crippen molar-refractivity contribution in [1.82, 2.24) is 10.2 Å². The number of carbonyl (C=O) groups excluding carboxylic acids is 4. The zero-order valence-electron chi connectivity index (χ0n) is 22.4. The molecule has 1 unspecified atom stereocenters. The van der Waals surface area contributed by atoms with E-state index >= 15 is 0 Å². The highest BCUT2D eigenvalue weighted by Gasteiger charge is 2.27. The first-order chi connectivity index (χ1) is 16.9. The molecule has 2 saturated heterocycles. The monoisotopic (exact) mass is 500 g/mol. The number of nitrogens with zero attached hydrogens (tertiary/aromatic N) is 1. The van der Waals surface area contributed by atoms with Crippen LogP contribution in [0.5, 0.6) is 5.75 Å². The Labute approximate surface area is 214 Å². The number of hydrogen-bond acceptors (Lipinski definition) is 6. The fraction of sp³-hybridized carbons (Fsp3) is 0.571. The van der Waals surface area contributed by atoms with Gasteiger partial charge in [-0.3, -0.25) is 19.7 Å². The molecule has 2 heterocycles. The predicted octanol–water partition coefficient (Wildman–Crippen LogP) is 5.12. The number of imide groups is 1. The molecule has 1 atom stereocenters. The van der Waals surface area contributed by atoms with Crippen LogP contribution in [0.2, 0.25) is 0 Å². The van der Waals surface area contributed by atoms with Crippen molar-refractivity contribution in [3.63, 3.8) is 0 Å². The summed E-state index contributed by atoms with van der Waals surface area (Å²) in [5, 5.41) is 2.25. The number of ether oxygens (including phenoxy) is 2. The van der Waals surface area contributed by atoms with Crippen molar-refractivity contribution in [2.45, 2.75) is 85.2 Å². The van der Waals surface area contributed by atoms with Crippen LogP contribution < -0.4 is 10.1 Å². The number of hydrogen-bond donors (Lipinski definition) is 1. The Morgan fingerprint density at radius 2 is 1.81 bits per heavy atom. The normalized spacial score (nSPS) is 19.1. The molecular formula is C28H40N2O6. The number of likely N-dealkylation sites (tertiary alicyclic amines) is 1. The molecule has 2 aliphatic rings. The third-order valence-corrected chi connectivity index (χ3v) is 5.95. The van der Waals surface area contributed by atoms with Gasteiger partial charge in [-0.2, -0.15) is 0 Å². The van der Waals surface area contributed by atoms with Crippen molar-refractivity contribution in [1.29, 1.82) is 0 Å². The van der Waals surface area contributed by atoms with Gasteiger partial charge in [0.2, 0.25) is 11.8 Å². The summed E-state index contributed by atoms with van der Waals surface area (Å²) < 4.78 is 11.3. The van der Waals surface area contributed by atoms with Crippen LogP contribution in [0.1, 0.15) is 85.1 Å². The zero-order valence-corrected chi connectivity index (χ0v) is 22.4. The number of carbonyl (C=O) groups is 4. The molecule has 1 aromatic carbocycles. The van der Waals surface area contributed by atoms with Crippen LogP contribution in [0.4, 0.5) is 4.79 Å². The van der Waals surface area contributed by atoms with Crippen molar-refractivity contribution >= 4 is 23.7 Å². The van der Waals surface area contributed by atoms with E-state index < -0.39 is 5.60 Å². The Bertz CT molecular complexity index is 970. The van der Waals surface area contributed by atoms with Crippen LogP contribution in [0.25, 0.3) is 0 Å². The zero-order chi connectivity index (χ0) is 26.9. The maximum absolute atomic E-state index is 12.2. The minimum Gasteiger partial charge on any atom is -0.462 e. The molecule has 2 fully saturated rings. The first kappa shape index (κ1) is 29.1. The van der Waals surface area contributed by atoms with E-state index in [1.54, 1.807) is 4.90 Å². The van der Waals surface area contributed by atoms with Gasteiger partial charge in [0, 0.05) is 37.9 Å². The Morgan fingerprint density at radius 1 is 1.14 bits per heavy atom. The van der Waals surface area contributed by atoms with Crippen LogP contribution in [0.15, 0.2) is 36.1 Å². The van der Waals surface area contributed by atoms with Gasteiger partial charge in [-0.25, -0.2) is 4.79 Å². The lowest BCUT2D eigenvalue weighted by molar-refractivity contribution is -0.135. The third kappa shape index (κ3) is 9.84. The van der Waals surface area contributed by atoms with E-state index in [1.165, 1.54) is 18.6 Å². The summed E-state index contributed by atoms with van der Waals surface area (Å²) in [7, 11) is 0. The van der Waals surface area contributed by atoms with E-state index in [1.807, 2.05) is 52.8 Å². The van der Waals surface area contributed by atoms with Crippen LogP contribution in [0, 0.1) is 5.92 Å². The summed E-state index contributed by atoms with van der Waals surface area (Å²) in [6.45, 7) is 12.3. The first-order valence-electron chi connectivity index (χ1n) is 12.7. The molecule has 1 aromatic rings. The SMILES string of the molecule is CC/C(=C\C(C)=O)Oc1cccc(C2CCN(C(=O)OC(C)(C)C)CC2)c1.CC1CCC(=O)NC1=O. The second-order valence-corrected chi connectivity index (χ2v) is 10.3. The predicted molar refractivity (Wildman–Crippen MR) is 137 cm³/mol.